The van der Waals surface area contributed by atoms with Crippen LogP contribution in [0.25, 0.3) is 0 Å². The van der Waals surface area contributed by atoms with E-state index in [1.807, 2.05) is 0 Å². The summed E-state index contributed by atoms with van der Waals surface area (Å²) in [5.41, 5.74) is 0. The summed E-state index contributed by atoms with van der Waals surface area (Å²) in [6.07, 6.45) is -6.01. The second-order valence-corrected chi connectivity index (χ2v) is 25.3. The lowest BCUT2D eigenvalue weighted by atomic mass is 9.91. The zero-order valence-corrected chi connectivity index (χ0v) is 57.6. The van der Waals surface area contributed by atoms with Gasteiger partial charge in [-0.15, -0.1) is 0 Å². The zero-order chi connectivity index (χ0) is 72.4. The molecule has 8 amide bonds. The standard InChI is InChI=1S/C65H116N8O25/c1-40(77)70-53-59(88)56(85)46(37-74)96-63(53)93-33-19-11-25-50(82)67-29-16-9-22-43(62(91)69-31-15-7-8-24-49(81)66-28-14-5-6-18-32-92-4)36-45(80)44(73-52(84)27-13-21-35-95-65-55(72-42(3)79)61(90)58(87)48(39-76)98-65)23-10-17-30-68-51(83)26-12-20-34-94-64-54(71-41(2)78)60(89)57(86)47(38-75)97-64/h43-44,46-48,53-61,63-65,74-76,85-90H,5-39H2,1-4H3,(H,66,81)(H,67,82)(H,68,83)(H,69,91)(H,70,77)(H,71,78)(H,72,79)(H,73,84). The Morgan fingerprint density at radius 1 is 0.388 bits per heavy atom. The van der Waals surface area contributed by atoms with Crippen molar-refractivity contribution in [2.75, 3.05) is 79.5 Å². The number of amides is 8. The van der Waals surface area contributed by atoms with Crippen molar-refractivity contribution < 1.29 is 122 Å². The monoisotopic (exact) mass is 1410 g/mol. The van der Waals surface area contributed by atoms with Gasteiger partial charge in [0.1, 0.15) is 73.1 Å². The van der Waals surface area contributed by atoms with Gasteiger partial charge in [-0.05, 0) is 96.3 Å². The Morgan fingerprint density at radius 2 is 0.714 bits per heavy atom. The van der Waals surface area contributed by atoms with E-state index >= 15 is 0 Å². The SMILES string of the molecule is COCCCCCCNC(=O)CCCCCNC(=O)C(CCCCNC(=O)CCCCOC1OC(CO)C(O)C(O)C1NC(C)=O)CC(=O)C(CCCCNC(=O)CCCCOC1OC(CO)C(O)C(O)C1NC(C)=O)NC(=O)CCCCOC1OC(CO)C(O)C(O)C1NC(C)=O. The summed E-state index contributed by atoms with van der Waals surface area (Å²) >= 11 is 0. The number of aliphatic hydroxyl groups excluding tert-OH is 9. The van der Waals surface area contributed by atoms with Gasteiger partial charge < -0.3 is 122 Å². The third-order valence-corrected chi connectivity index (χ3v) is 17.1. The molecule has 3 aliphatic heterocycles. The average Bonchev–Trinajstić information content (AvgIpc) is 0.825. The number of hydrogen-bond donors (Lipinski definition) is 17. The number of unbranched alkanes of at least 4 members (excludes halogenated alkanes) is 10. The fourth-order valence-corrected chi connectivity index (χ4v) is 11.5. The van der Waals surface area contributed by atoms with Crippen molar-refractivity contribution in [3.63, 3.8) is 0 Å². The molecule has 566 valence electrons. The van der Waals surface area contributed by atoms with Crippen molar-refractivity contribution in [3.8, 4) is 0 Å². The first-order valence-corrected chi connectivity index (χ1v) is 34.9. The molecule has 0 aliphatic carbocycles. The third kappa shape index (κ3) is 34.0. The first kappa shape index (κ1) is 87.0. The highest BCUT2D eigenvalue weighted by Gasteiger charge is 2.48. The maximum absolute atomic E-state index is 14.5. The molecule has 0 aromatic heterocycles. The third-order valence-electron chi connectivity index (χ3n) is 17.1. The van der Waals surface area contributed by atoms with Crippen LogP contribution in [0.2, 0.25) is 0 Å². The summed E-state index contributed by atoms with van der Waals surface area (Å²) < 4.78 is 39.2. The Bertz CT molecular complexity index is 2340. The fraction of sp³-hybridized carbons (Fsp3) is 0.862. The largest absolute Gasteiger partial charge is 0.394 e. The molecule has 98 heavy (non-hydrogen) atoms. The van der Waals surface area contributed by atoms with Gasteiger partial charge in [0.15, 0.2) is 24.7 Å². The van der Waals surface area contributed by atoms with Crippen LogP contribution < -0.4 is 42.5 Å². The van der Waals surface area contributed by atoms with E-state index in [1.165, 1.54) is 20.8 Å². The number of Topliss-reactive ketones (excluding diaryl/α,β-unsaturated/α-hetero) is 1. The van der Waals surface area contributed by atoms with Crippen LogP contribution in [0.4, 0.5) is 0 Å². The molecule has 33 nitrogen and oxygen atoms in total. The summed E-state index contributed by atoms with van der Waals surface area (Å²) in [5, 5.41) is 114. The van der Waals surface area contributed by atoms with Crippen LogP contribution in [0.3, 0.4) is 0 Å². The molecule has 0 radical (unpaired) electrons. The highest BCUT2D eigenvalue weighted by Crippen LogP contribution is 2.26. The number of carbonyl (C=O) groups is 9. The number of ether oxygens (including phenoxy) is 7. The van der Waals surface area contributed by atoms with Gasteiger partial charge in [-0.25, -0.2) is 0 Å². The molecule has 0 spiro atoms. The number of methoxy groups -OCH3 is 1. The van der Waals surface area contributed by atoms with Crippen molar-refractivity contribution in [2.45, 2.75) is 273 Å². The van der Waals surface area contributed by atoms with Gasteiger partial charge in [0, 0.05) is 119 Å². The second-order valence-electron chi connectivity index (χ2n) is 25.3. The van der Waals surface area contributed by atoms with Crippen LogP contribution >= 0.6 is 0 Å². The van der Waals surface area contributed by atoms with E-state index in [0.717, 1.165) is 25.7 Å². The van der Waals surface area contributed by atoms with E-state index in [9.17, 15) is 89.1 Å². The first-order valence-electron chi connectivity index (χ1n) is 34.9. The van der Waals surface area contributed by atoms with E-state index in [2.05, 4.69) is 42.5 Å². The molecule has 0 saturated carbocycles. The molecule has 3 heterocycles. The molecule has 3 saturated heterocycles. The zero-order valence-electron chi connectivity index (χ0n) is 57.6. The van der Waals surface area contributed by atoms with Gasteiger partial charge in [-0.2, -0.15) is 0 Å². The second kappa shape index (κ2) is 50.2. The fourth-order valence-electron chi connectivity index (χ4n) is 11.5. The predicted octanol–water partition coefficient (Wildman–Crippen LogP) is -2.99. The van der Waals surface area contributed by atoms with Crippen LogP contribution in [0, 0.1) is 5.92 Å². The van der Waals surface area contributed by atoms with Crippen LogP contribution in [-0.4, -0.2) is 277 Å². The van der Waals surface area contributed by atoms with E-state index in [4.69, 9.17) is 33.2 Å². The minimum Gasteiger partial charge on any atom is -0.394 e. The molecule has 0 aromatic rings. The van der Waals surface area contributed by atoms with Crippen LogP contribution in [0.5, 0.6) is 0 Å². The Kier molecular flexibility index (Phi) is 44.6. The number of carbonyl (C=O) groups excluding carboxylic acids is 9. The first-order chi connectivity index (χ1) is 47.0. The summed E-state index contributed by atoms with van der Waals surface area (Å²) in [5.74, 6) is -4.21. The van der Waals surface area contributed by atoms with Crippen LogP contribution in [0.1, 0.15) is 175 Å². The normalized spacial score (nSPS) is 26.0. The molecule has 0 bridgehead atoms. The van der Waals surface area contributed by atoms with E-state index in [0.29, 0.717) is 90.2 Å². The summed E-state index contributed by atoms with van der Waals surface area (Å²) in [6.45, 7) is 3.96. The number of aliphatic hydroxyl groups is 9. The minimum atomic E-state index is -1.52. The quantitative estimate of drug-likeness (QED) is 0.0270. The molecular weight excluding hydrogens is 1290 g/mol. The molecule has 3 fully saturated rings. The van der Waals surface area contributed by atoms with Gasteiger partial charge in [-0.1, -0.05) is 25.7 Å². The minimum absolute atomic E-state index is 0.0230. The Balaban J connectivity index is 1.64. The van der Waals surface area contributed by atoms with Gasteiger partial charge in [0.05, 0.1) is 25.9 Å². The average molecular weight is 1410 g/mol. The van der Waals surface area contributed by atoms with Gasteiger partial charge in [0.25, 0.3) is 0 Å². The van der Waals surface area contributed by atoms with Crippen molar-refractivity contribution in [1.29, 1.82) is 0 Å². The molecule has 0 aromatic carbocycles. The van der Waals surface area contributed by atoms with Crippen molar-refractivity contribution >= 4 is 53.0 Å². The summed E-state index contributed by atoms with van der Waals surface area (Å²) in [7, 11) is 1.66. The van der Waals surface area contributed by atoms with E-state index in [1.54, 1.807) is 7.11 Å². The maximum atomic E-state index is 14.5. The van der Waals surface area contributed by atoms with Crippen molar-refractivity contribution in [2.24, 2.45) is 5.92 Å². The maximum Gasteiger partial charge on any atom is 0.223 e. The Morgan fingerprint density at radius 3 is 1.09 bits per heavy atom. The van der Waals surface area contributed by atoms with E-state index < -0.39 is 153 Å². The number of ketones is 1. The van der Waals surface area contributed by atoms with Gasteiger partial charge in [0.2, 0.25) is 47.3 Å². The smallest absolute Gasteiger partial charge is 0.223 e. The van der Waals surface area contributed by atoms with Gasteiger partial charge >= 0.3 is 0 Å². The molecule has 33 heteroatoms. The molecule has 3 aliphatic rings. The molecular formula is C65H116N8O25. The molecule has 17 N–H and O–H groups in total. The summed E-state index contributed by atoms with van der Waals surface area (Å²) in [6, 6.07) is -4.43. The predicted molar refractivity (Wildman–Crippen MR) is 349 cm³/mol. The molecule has 17 unspecified atom stereocenters. The number of nitrogens with one attached hydrogen (secondary N) is 8. The molecule has 17 atom stereocenters. The van der Waals surface area contributed by atoms with E-state index in [-0.39, 0.29) is 114 Å². The summed E-state index contributed by atoms with van der Waals surface area (Å²) in [4.78, 5) is 116. The lowest BCUT2D eigenvalue weighted by Gasteiger charge is -2.42. The van der Waals surface area contributed by atoms with Crippen molar-refractivity contribution in [3.05, 3.63) is 0 Å². The lowest BCUT2D eigenvalue weighted by Crippen LogP contribution is -2.64. The Labute approximate surface area is 574 Å². The topological polar surface area (TPSA) is 497 Å². The van der Waals surface area contributed by atoms with Gasteiger partial charge in [-0.3, -0.25) is 43.2 Å². The number of rotatable bonds is 52. The van der Waals surface area contributed by atoms with Crippen LogP contribution in [0.15, 0.2) is 0 Å². The van der Waals surface area contributed by atoms with Crippen molar-refractivity contribution in [1.82, 2.24) is 42.5 Å². The highest BCUT2D eigenvalue weighted by molar-refractivity contribution is 5.92. The Hall–Kier alpha value is -5.21. The molecule has 3 rings (SSSR count). The highest BCUT2D eigenvalue weighted by atomic mass is 16.7. The number of hydrogen-bond acceptors (Lipinski definition) is 25. The van der Waals surface area contributed by atoms with Crippen LogP contribution in [-0.2, 0) is 76.3 Å². The lowest BCUT2D eigenvalue weighted by molar-refractivity contribution is -0.270.